The standard InChI is InChI=1S/C8H13N3O/c1-11(2)10-8-5-4-7(12-3)6-9-8/h4-6H,1-3H3,(H,9,10). The lowest BCUT2D eigenvalue weighted by molar-refractivity contribution is 0.412. The number of nitrogens with one attached hydrogen (secondary N) is 1. The zero-order chi connectivity index (χ0) is 8.97. The molecule has 0 unspecified atom stereocenters. The average Bonchev–Trinajstić information content (AvgIpc) is 2.05. The van der Waals surface area contributed by atoms with Gasteiger partial charge in [-0.2, -0.15) is 0 Å². The molecule has 0 aliphatic carbocycles. The first-order chi connectivity index (χ1) is 5.72. The molecule has 4 heteroatoms. The first kappa shape index (κ1) is 8.80. The monoisotopic (exact) mass is 167 g/mol. The fourth-order valence-corrected chi connectivity index (χ4v) is 0.796. The summed E-state index contributed by atoms with van der Waals surface area (Å²) >= 11 is 0. The highest BCUT2D eigenvalue weighted by Crippen LogP contribution is 2.10. The predicted octanol–water partition coefficient (Wildman–Crippen LogP) is 0.979. The summed E-state index contributed by atoms with van der Waals surface area (Å²) in [5.41, 5.74) is 3.02. The fraction of sp³-hybridized carbons (Fsp3) is 0.375. The summed E-state index contributed by atoms with van der Waals surface area (Å²) in [5.74, 6) is 1.57. The summed E-state index contributed by atoms with van der Waals surface area (Å²) in [5, 5.41) is 1.83. The molecule has 0 radical (unpaired) electrons. The number of methoxy groups -OCH3 is 1. The van der Waals surface area contributed by atoms with Crippen LogP contribution in [-0.2, 0) is 0 Å². The molecule has 0 saturated carbocycles. The van der Waals surface area contributed by atoms with E-state index in [0.29, 0.717) is 0 Å². The number of hydrazine groups is 1. The van der Waals surface area contributed by atoms with E-state index in [1.54, 1.807) is 13.3 Å². The molecular formula is C8H13N3O. The normalized spacial score (nSPS) is 10.0. The van der Waals surface area contributed by atoms with E-state index in [9.17, 15) is 0 Å². The zero-order valence-electron chi connectivity index (χ0n) is 7.53. The van der Waals surface area contributed by atoms with Crippen LogP contribution in [0.15, 0.2) is 18.3 Å². The van der Waals surface area contributed by atoms with E-state index in [4.69, 9.17) is 4.74 Å². The van der Waals surface area contributed by atoms with Crippen LogP contribution in [0.3, 0.4) is 0 Å². The summed E-state index contributed by atoms with van der Waals surface area (Å²) < 4.78 is 4.97. The molecule has 1 N–H and O–H groups in total. The minimum Gasteiger partial charge on any atom is -0.495 e. The molecule has 0 amide bonds. The highest BCUT2D eigenvalue weighted by molar-refractivity contribution is 5.36. The summed E-state index contributed by atoms with van der Waals surface area (Å²) in [7, 11) is 5.44. The van der Waals surface area contributed by atoms with Gasteiger partial charge in [0.2, 0.25) is 0 Å². The Bertz CT molecular complexity index is 233. The van der Waals surface area contributed by atoms with Crippen molar-refractivity contribution < 1.29 is 4.74 Å². The van der Waals surface area contributed by atoms with Crippen molar-refractivity contribution in [3.05, 3.63) is 18.3 Å². The first-order valence-electron chi connectivity index (χ1n) is 3.66. The van der Waals surface area contributed by atoms with E-state index in [-0.39, 0.29) is 0 Å². The van der Waals surface area contributed by atoms with E-state index in [2.05, 4.69) is 10.4 Å². The molecule has 1 heterocycles. The highest BCUT2D eigenvalue weighted by Gasteiger charge is 1.94. The van der Waals surface area contributed by atoms with E-state index in [0.717, 1.165) is 11.6 Å². The minimum absolute atomic E-state index is 0.763. The van der Waals surface area contributed by atoms with Crippen LogP contribution < -0.4 is 10.2 Å². The van der Waals surface area contributed by atoms with E-state index >= 15 is 0 Å². The van der Waals surface area contributed by atoms with Gasteiger partial charge in [-0.25, -0.2) is 9.99 Å². The first-order valence-corrected chi connectivity index (χ1v) is 3.66. The zero-order valence-corrected chi connectivity index (χ0v) is 7.53. The lowest BCUT2D eigenvalue weighted by Gasteiger charge is -2.12. The second kappa shape index (κ2) is 3.92. The SMILES string of the molecule is COc1ccc(NN(C)C)nc1. The molecule has 1 aromatic rings. The third kappa shape index (κ3) is 2.39. The Hall–Kier alpha value is -1.29. The lowest BCUT2D eigenvalue weighted by atomic mass is 10.4. The molecule has 66 valence electrons. The van der Waals surface area contributed by atoms with Crippen LogP contribution in [0.5, 0.6) is 5.75 Å². The van der Waals surface area contributed by atoms with Crippen molar-refractivity contribution in [1.29, 1.82) is 0 Å². The number of anilines is 1. The molecule has 0 spiro atoms. The molecule has 0 bridgehead atoms. The molecule has 0 aromatic carbocycles. The van der Waals surface area contributed by atoms with Crippen LogP contribution in [0.1, 0.15) is 0 Å². The number of hydrogen-bond acceptors (Lipinski definition) is 4. The number of ether oxygens (including phenoxy) is 1. The van der Waals surface area contributed by atoms with Crippen LogP contribution >= 0.6 is 0 Å². The Labute approximate surface area is 72.1 Å². The summed E-state index contributed by atoms with van der Waals surface area (Å²) in [6.07, 6.45) is 1.67. The van der Waals surface area contributed by atoms with Crippen LogP contribution in [-0.4, -0.2) is 31.2 Å². The summed E-state index contributed by atoms with van der Waals surface area (Å²) in [6.45, 7) is 0. The van der Waals surface area contributed by atoms with Crippen LogP contribution in [0, 0.1) is 0 Å². The maximum atomic E-state index is 4.97. The fourth-order valence-electron chi connectivity index (χ4n) is 0.796. The Balaban J connectivity index is 2.65. The molecule has 0 aliphatic heterocycles. The van der Waals surface area contributed by atoms with Gasteiger partial charge in [0.05, 0.1) is 13.3 Å². The topological polar surface area (TPSA) is 37.4 Å². The van der Waals surface area contributed by atoms with E-state index < -0.39 is 0 Å². The van der Waals surface area contributed by atoms with Gasteiger partial charge in [0.15, 0.2) is 0 Å². The molecular weight excluding hydrogens is 154 g/mol. The third-order valence-corrected chi connectivity index (χ3v) is 1.31. The molecule has 0 aliphatic rings. The van der Waals surface area contributed by atoms with Gasteiger partial charge in [0.1, 0.15) is 11.6 Å². The predicted molar refractivity (Wildman–Crippen MR) is 48.1 cm³/mol. The maximum Gasteiger partial charge on any atom is 0.140 e. The van der Waals surface area contributed by atoms with Gasteiger partial charge in [-0.05, 0) is 12.1 Å². The van der Waals surface area contributed by atoms with Gasteiger partial charge in [-0.15, -0.1) is 0 Å². The van der Waals surface area contributed by atoms with Gasteiger partial charge in [0, 0.05) is 14.1 Å². The van der Waals surface area contributed by atoms with E-state index in [1.807, 2.05) is 31.2 Å². The Morgan fingerprint density at radius 2 is 2.17 bits per heavy atom. The van der Waals surface area contributed by atoms with Gasteiger partial charge in [0.25, 0.3) is 0 Å². The number of hydrogen-bond donors (Lipinski definition) is 1. The van der Waals surface area contributed by atoms with Crippen LogP contribution in [0.2, 0.25) is 0 Å². The number of rotatable bonds is 3. The Morgan fingerprint density at radius 1 is 1.42 bits per heavy atom. The number of pyridine rings is 1. The van der Waals surface area contributed by atoms with Crippen molar-refractivity contribution in [3.8, 4) is 5.75 Å². The highest BCUT2D eigenvalue weighted by atomic mass is 16.5. The van der Waals surface area contributed by atoms with Crippen molar-refractivity contribution in [1.82, 2.24) is 9.99 Å². The molecule has 0 fully saturated rings. The maximum absolute atomic E-state index is 4.97. The van der Waals surface area contributed by atoms with Crippen LogP contribution in [0.25, 0.3) is 0 Å². The average molecular weight is 167 g/mol. The smallest absolute Gasteiger partial charge is 0.140 e. The molecule has 0 atom stereocenters. The molecule has 4 nitrogen and oxygen atoms in total. The number of aromatic nitrogens is 1. The summed E-state index contributed by atoms with van der Waals surface area (Å²) in [4.78, 5) is 4.11. The second-order valence-electron chi connectivity index (χ2n) is 2.59. The van der Waals surface area contributed by atoms with Crippen molar-refractivity contribution in [2.45, 2.75) is 0 Å². The van der Waals surface area contributed by atoms with Crippen molar-refractivity contribution >= 4 is 5.82 Å². The molecule has 0 saturated heterocycles. The summed E-state index contributed by atoms with van der Waals surface area (Å²) in [6, 6.07) is 3.72. The molecule has 1 rings (SSSR count). The number of nitrogens with zero attached hydrogens (tertiary/aromatic N) is 2. The van der Waals surface area contributed by atoms with Crippen molar-refractivity contribution in [2.24, 2.45) is 0 Å². The van der Waals surface area contributed by atoms with Gasteiger partial charge in [-0.3, -0.25) is 0 Å². The van der Waals surface area contributed by atoms with E-state index in [1.165, 1.54) is 0 Å². The second-order valence-corrected chi connectivity index (χ2v) is 2.59. The molecule has 12 heavy (non-hydrogen) atoms. The van der Waals surface area contributed by atoms with Crippen molar-refractivity contribution in [2.75, 3.05) is 26.6 Å². The molecule has 1 aromatic heterocycles. The largest absolute Gasteiger partial charge is 0.495 e. The Kier molecular flexibility index (Phi) is 2.88. The quantitative estimate of drug-likeness (QED) is 0.681. The minimum atomic E-state index is 0.763. The van der Waals surface area contributed by atoms with Crippen LogP contribution in [0.4, 0.5) is 5.82 Å². The van der Waals surface area contributed by atoms with Gasteiger partial charge >= 0.3 is 0 Å². The third-order valence-electron chi connectivity index (χ3n) is 1.31. The van der Waals surface area contributed by atoms with Crippen molar-refractivity contribution in [3.63, 3.8) is 0 Å². The van der Waals surface area contributed by atoms with Gasteiger partial charge in [-0.1, -0.05) is 0 Å². The van der Waals surface area contributed by atoms with Gasteiger partial charge < -0.3 is 10.2 Å². The Morgan fingerprint density at radius 3 is 2.58 bits per heavy atom. The lowest BCUT2D eigenvalue weighted by Crippen LogP contribution is -2.20.